The summed E-state index contributed by atoms with van der Waals surface area (Å²) in [5.74, 6) is -0.180. The maximum atomic E-state index is 13.9. The van der Waals surface area contributed by atoms with Crippen LogP contribution in [0, 0.1) is 5.82 Å². The van der Waals surface area contributed by atoms with Gasteiger partial charge in [0.1, 0.15) is 5.82 Å². The van der Waals surface area contributed by atoms with Crippen LogP contribution in [0.2, 0.25) is 0 Å². The van der Waals surface area contributed by atoms with Gasteiger partial charge in [-0.15, -0.1) is 0 Å². The van der Waals surface area contributed by atoms with Crippen molar-refractivity contribution in [2.24, 2.45) is 5.73 Å². The molecule has 1 saturated heterocycles. The lowest BCUT2D eigenvalue weighted by Crippen LogP contribution is -2.36. The lowest BCUT2D eigenvalue weighted by molar-refractivity contribution is 0.314. The van der Waals surface area contributed by atoms with Gasteiger partial charge in [0.25, 0.3) is 0 Å². The van der Waals surface area contributed by atoms with Crippen LogP contribution >= 0.6 is 0 Å². The van der Waals surface area contributed by atoms with Crippen molar-refractivity contribution in [2.75, 3.05) is 32.1 Å². The van der Waals surface area contributed by atoms with Crippen LogP contribution in [0.15, 0.2) is 18.2 Å². The second-order valence-electron chi connectivity index (χ2n) is 5.15. The number of hydrogen-bond acceptors (Lipinski definition) is 3. The molecule has 1 aromatic rings. The Hall–Kier alpha value is -1.13. The molecule has 0 aromatic heterocycles. The number of anilines is 1. The lowest BCUT2D eigenvalue weighted by atomic mass is 10.1. The molecule has 1 atom stereocenters. The summed E-state index contributed by atoms with van der Waals surface area (Å²) < 4.78 is 13.9. The number of likely N-dealkylation sites (tertiary alicyclic amines) is 1. The number of rotatable bonds is 4. The van der Waals surface area contributed by atoms with Gasteiger partial charge < -0.3 is 15.5 Å². The zero-order chi connectivity index (χ0) is 13.1. The Balaban J connectivity index is 2.06. The van der Waals surface area contributed by atoms with Crippen LogP contribution < -0.4 is 10.6 Å². The van der Waals surface area contributed by atoms with Crippen molar-refractivity contribution in [3.05, 3.63) is 29.6 Å². The molecule has 4 heteroatoms. The third kappa shape index (κ3) is 2.82. The molecule has 2 rings (SSSR count). The molecule has 0 bridgehead atoms. The summed E-state index contributed by atoms with van der Waals surface area (Å²) in [6, 6.07) is 5.79. The van der Waals surface area contributed by atoms with E-state index in [-0.39, 0.29) is 5.82 Å². The second kappa shape index (κ2) is 5.67. The number of nitrogens with zero attached hydrogens (tertiary/aromatic N) is 2. The van der Waals surface area contributed by atoms with E-state index in [4.69, 9.17) is 5.73 Å². The van der Waals surface area contributed by atoms with E-state index in [2.05, 4.69) is 11.9 Å². The molecule has 1 unspecified atom stereocenters. The van der Waals surface area contributed by atoms with E-state index in [1.165, 1.54) is 18.9 Å². The van der Waals surface area contributed by atoms with Gasteiger partial charge in [-0.2, -0.15) is 0 Å². The molecule has 1 heterocycles. The highest BCUT2D eigenvalue weighted by Gasteiger charge is 2.22. The highest BCUT2D eigenvalue weighted by molar-refractivity contribution is 5.48. The van der Waals surface area contributed by atoms with E-state index in [0.29, 0.717) is 18.3 Å². The predicted molar refractivity (Wildman–Crippen MR) is 73.2 cm³/mol. The maximum absolute atomic E-state index is 13.9. The average molecular weight is 251 g/mol. The fourth-order valence-corrected chi connectivity index (χ4v) is 2.61. The van der Waals surface area contributed by atoms with E-state index in [9.17, 15) is 4.39 Å². The minimum Gasteiger partial charge on any atom is -0.371 e. The molecular weight excluding hydrogens is 229 g/mol. The van der Waals surface area contributed by atoms with E-state index in [0.717, 1.165) is 18.7 Å². The Bertz CT molecular complexity index is 408. The molecule has 1 fully saturated rings. The average Bonchev–Trinajstić information content (AvgIpc) is 2.74. The first-order valence-electron chi connectivity index (χ1n) is 6.51. The standard InChI is InChI=1S/C14H22FN3/c1-17-7-3-4-12(17)10-18(2)14-6-5-11(9-16)8-13(14)15/h5-6,8,12H,3-4,7,9-10,16H2,1-2H3. The van der Waals surface area contributed by atoms with Crippen molar-refractivity contribution >= 4 is 5.69 Å². The molecule has 0 spiro atoms. The van der Waals surface area contributed by atoms with Crippen LogP contribution in [0.1, 0.15) is 18.4 Å². The molecule has 0 amide bonds. The van der Waals surface area contributed by atoms with Gasteiger partial charge in [-0.25, -0.2) is 4.39 Å². The number of benzene rings is 1. The van der Waals surface area contributed by atoms with Crippen molar-refractivity contribution in [1.82, 2.24) is 4.90 Å². The van der Waals surface area contributed by atoms with Gasteiger partial charge in [-0.05, 0) is 44.1 Å². The van der Waals surface area contributed by atoms with Crippen LogP contribution in [0.3, 0.4) is 0 Å². The van der Waals surface area contributed by atoms with Gasteiger partial charge in [0.05, 0.1) is 5.69 Å². The SMILES string of the molecule is CN(CC1CCCN1C)c1ccc(CN)cc1F. The molecule has 1 aliphatic heterocycles. The molecule has 0 radical (unpaired) electrons. The van der Waals surface area contributed by atoms with Crippen LogP contribution in [-0.2, 0) is 6.54 Å². The summed E-state index contributed by atoms with van der Waals surface area (Å²) in [5.41, 5.74) is 7.00. The normalized spacial score (nSPS) is 20.3. The first kappa shape index (κ1) is 13.3. The van der Waals surface area contributed by atoms with E-state index < -0.39 is 0 Å². The van der Waals surface area contributed by atoms with Crippen LogP contribution in [0.25, 0.3) is 0 Å². The quantitative estimate of drug-likeness (QED) is 0.886. The van der Waals surface area contributed by atoms with Gasteiger partial charge >= 0.3 is 0 Å². The largest absolute Gasteiger partial charge is 0.371 e. The van der Waals surface area contributed by atoms with E-state index in [1.54, 1.807) is 0 Å². The molecule has 1 aromatic carbocycles. The Morgan fingerprint density at radius 2 is 2.28 bits per heavy atom. The number of nitrogens with two attached hydrogens (primary N) is 1. The smallest absolute Gasteiger partial charge is 0.146 e. The summed E-state index contributed by atoms with van der Waals surface area (Å²) in [6.45, 7) is 2.40. The molecule has 18 heavy (non-hydrogen) atoms. The first-order valence-corrected chi connectivity index (χ1v) is 6.51. The summed E-state index contributed by atoms with van der Waals surface area (Å²) >= 11 is 0. The fraction of sp³-hybridized carbons (Fsp3) is 0.571. The van der Waals surface area contributed by atoms with Gasteiger partial charge in [-0.1, -0.05) is 6.07 Å². The Labute approximate surface area is 108 Å². The van der Waals surface area contributed by atoms with E-state index in [1.807, 2.05) is 24.1 Å². The summed E-state index contributed by atoms with van der Waals surface area (Å²) in [4.78, 5) is 4.35. The van der Waals surface area contributed by atoms with Crippen molar-refractivity contribution in [3.8, 4) is 0 Å². The minimum atomic E-state index is -0.180. The molecule has 3 nitrogen and oxygen atoms in total. The topological polar surface area (TPSA) is 32.5 Å². The molecule has 2 N–H and O–H groups in total. The fourth-order valence-electron chi connectivity index (χ4n) is 2.61. The number of likely N-dealkylation sites (N-methyl/N-ethyl adjacent to an activating group) is 2. The molecule has 0 aliphatic carbocycles. The molecular formula is C14H22FN3. The predicted octanol–water partition coefficient (Wildman–Crippen LogP) is 1.81. The second-order valence-corrected chi connectivity index (χ2v) is 5.15. The van der Waals surface area contributed by atoms with Crippen LogP contribution in [-0.4, -0.2) is 38.1 Å². The monoisotopic (exact) mass is 251 g/mol. The lowest BCUT2D eigenvalue weighted by Gasteiger charge is -2.27. The summed E-state index contributed by atoms with van der Waals surface area (Å²) in [7, 11) is 4.09. The maximum Gasteiger partial charge on any atom is 0.146 e. The van der Waals surface area contributed by atoms with Gasteiger partial charge in [-0.3, -0.25) is 0 Å². The van der Waals surface area contributed by atoms with Gasteiger partial charge in [0, 0.05) is 26.2 Å². The highest BCUT2D eigenvalue weighted by atomic mass is 19.1. The number of halogens is 1. The Morgan fingerprint density at radius 3 is 2.83 bits per heavy atom. The van der Waals surface area contributed by atoms with E-state index >= 15 is 0 Å². The van der Waals surface area contributed by atoms with Crippen molar-refractivity contribution in [2.45, 2.75) is 25.4 Å². The highest BCUT2D eigenvalue weighted by Crippen LogP contribution is 2.22. The van der Waals surface area contributed by atoms with Crippen molar-refractivity contribution in [3.63, 3.8) is 0 Å². The number of hydrogen-bond donors (Lipinski definition) is 1. The Kier molecular flexibility index (Phi) is 4.19. The molecule has 1 aliphatic rings. The minimum absolute atomic E-state index is 0.180. The first-order chi connectivity index (χ1) is 8.61. The van der Waals surface area contributed by atoms with Crippen LogP contribution in [0.4, 0.5) is 10.1 Å². The molecule has 100 valence electrons. The Morgan fingerprint density at radius 1 is 1.50 bits per heavy atom. The zero-order valence-electron chi connectivity index (χ0n) is 11.2. The van der Waals surface area contributed by atoms with Crippen LogP contribution in [0.5, 0.6) is 0 Å². The summed E-state index contributed by atoms with van der Waals surface area (Å²) in [6.07, 6.45) is 2.44. The third-order valence-electron chi connectivity index (χ3n) is 3.82. The van der Waals surface area contributed by atoms with Gasteiger partial charge in [0.15, 0.2) is 0 Å². The van der Waals surface area contributed by atoms with Gasteiger partial charge in [0.2, 0.25) is 0 Å². The molecule has 0 saturated carbocycles. The third-order valence-corrected chi connectivity index (χ3v) is 3.82. The summed E-state index contributed by atoms with van der Waals surface area (Å²) in [5, 5.41) is 0. The van der Waals surface area contributed by atoms with Crippen molar-refractivity contribution < 1.29 is 4.39 Å². The zero-order valence-corrected chi connectivity index (χ0v) is 11.2. The van der Waals surface area contributed by atoms with Crippen molar-refractivity contribution in [1.29, 1.82) is 0 Å².